The van der Waals surface area contributed by atoms with Gasteiger partial charge in [-0.25, -0.2) is 0 Å². The molecule has 0 fully saturated rings. The van der Waals surface area contributed by atoms with Crippen LogP contribution in [0.1, 0.15) is 27.0 Å². The molecule has 0 heterocycles. The molecule has 0 saturated carbocycles. The number of ether oxygens (including phenoxy) is 1. The lowest BCUT2D eigenvalue weighted by Crippen LogP contribution is -2.14. The van der Waals surface area contributed by atoms with Gasteiger partial charge in [0, 0.05) is 11.1 Å². The predicted molar refractivity (Wildman–Crippen MR) is 81.1 cm³/mol. The van der Waals surface area contributed by atoms with E-state index >= 15 is 0 Å². The monoisotopic (exact) mass is 280 g/mol. The molecule has 0 aromatic heterocycles. The van der Waals surface area contributed by atoms with Crippen LogP contribution in [0.25, 0.3) is 11.1 Å². The largest absolute Gasteiger partial charge is 0.495 e. The van der Waals surface area contributed by atoms with Crippen molar-refractivity contribution < 1.29 is 9.53 Å². The summed E-state index contributed by atoms with van der Waals surface area (Å²) in [4.78, 5) is 11.7. The average Bonchev–Trinajstić information content (AvgIpc) is 2.46. The van der Waals surface area contributed by atoms with Gasteiger partial charge in [-0.1, -0.05) is 23.8 Å². The summed E-state index contributed by atoms with van der Waals surface area (Å²) in [5.74, 6) is -0.137. The van der Waals surface area contributed by atoms with Gasteiger partial charge in [-0.3, -0.25) is 4.79 Å². The zero-order valence-electron chi connectivity index (χ0n) is 12.2. The molecule has 21 heavy (non-hydrogen) atoms. The summed E-state index contributed by atoms with van der Waals surface area (Å²) in [5, 5.41) is 9.28. The summed E-state index contributed by atoms with van der Waals surface area (Å²) in [5.41, 5.74) is 9.52. The number of aryl methyl sites for hydroxylation is 2. The van der Waals surface area contributed by atoms with Crippen LogP contribution in [0.5, 0.6) is 5.75 Å². The van der Waals surface area contributed by atoms with Crippen molar-refractivity contribution in [3.8, 4) is 22.9 Å². The Bertz CT molecular complexity index is 758. The van der Waals surface area contributed by atoms with E-state index in [1.54, 1.807) is 19.1 Å². The molecule has 0 unspecified atom stereocenters. The summed E-state index contributed by atoms with van der Waals surface area (Å²) in [6.07, 6.45) is 0. The molecule has 106 valence electrons. The van der Waals surface area contributed by atoms with E-state index in [1.165, 1.54) is 7.11 Å². The van der Waals surface area contributed by atoms with Crippen molar-refractivity contribution in [3.63, 3.8) is 0 Å². The molecule has 1 amide bonds. The van der Waals surface area contributed by atoms with Crippen molar-refractivity contribution in [2.24, 2.45) is 5.73 Å². The zero-order chi connectivity index (χ0) is 15.6. The van der Waals surface area contributed by atoms with Crippen molar-refractivity contribution in [1.82, 2.24) is 0 Å². The van der Waals surface area contributed by atoms with E-state index < -0.39 is 5.91 Å². The number of nitrogens with zero attached hydrogens (tertiary/aromatic N) is 1. The predicted octanol–water partition coefficient (Wildman–Crippen LogP) is 2.95. The molecule has 0 bridgehead atoms. The second-order valence-corrected chi connectivity index (χ2v) is 4.86. The molecule has 2 rings (SSSR count). The van der Waals surface area contributed by atoms with Crippen LogP contribution < -0.4 is 10.5 Å². The first kappa shape index (κ1) is 14.6. The molecular formula is C17H16N2O2. The Labute approximate surface area is 123 Å². The number of nitrogens with two attached hydrogens (primary N) is 1. The van der Waals surface area contributed by atoms with E-state index in [9.17, 15) is 10.1 Å². The first-order valence-electron chi connectivity index (χ1n) is 6.48. The number of methoxy groups -OCH3 is 1. The Morgan fingerprint density at radius 3 is 2.48 bits per heavy atom. The van der Waals surface area contributed by atoms with Gasteiger partial charge < -0.3 is 10.5 Å². The Morgan fingerprint density at radius 1 is 1.19 bits per heavy atom. The fourth-order valence-corrected chi connectivity index (χ4v) is 2.39. The van der Waals surface area contributed by atoms with Gasteiger partial charge in [-0.05, 0) is 31.5 Å². The standard InChI is InChI=1S/C17H16N2O2/c1-10-4-6-12(9-18)14(8-10)13-7-5-11(2)15(17(19)20)16(13)21-3/h4-8H,1-3H3,(H2,19,20). The van der Waals surface area contributed by atoms with Crippen LogP contribution in [0, 0.1) is 25.2 Å². The third kappa shape index (κ3) is 2.59. The highest BCUT2D eigenvalue weighted by molar-refractivity contribution is 6.00. The smallest absolute Gasteiger partial charge is 0.252 e. The molecule has 2 aromatic rings. The van der Waals surface area contributed by atoms with Gasteiger partial charge in [0.1, 0.15) is 5.75 Å². The van der Waals surface area contributed by atoms with Gasteiger partial charge in [-0.15, -0.1) is 0 Å². The molecule has 0 saturated heterocycles. The number of rotatable bonds is 3. The molecule has 0 aliphatic heterocycles. The van der Waals surface area contributed by atoms with Crippen molar-refractivity contribution in [1.29, 1.82) is 5.26 Å². The number of primary amides is 1. The lowest BCUT2D eigenvalue weighted by molar-refractivity contribution is 0.0997. The Morgan fingerprint density at radius 2 is 1.90 bits per heavy atom. The van der Waals surface area contributed by atoms with Gasteiger partial charge in [0.15, 0.2) is 0 Å². The average molecular weight is 280 g/mol. The number of hydrogen-bond acceptors (Lipinski definition) is 3. The summed E-state index contributed by atoms with van der Waals surface area (Å²) >= 11 is 0. The van der Waals surface area contributed by atoms with Crippen LogP contribution in [0.3, 0.4) is 0 Å². The Balaban J connectivity index is 2.83. The second-order valence-electron chi connectivity index (χ2n) is 4.86. The maximum absolute atomic E-state index is 11.7. The number of hydrogen-bond donors (Lipinski definition) is 1. The van der Waals surface area contributed by atoms with E-state index in [1.807, 2.05) is 25.1 Å². The fraction of sp³-hybridized carbons (Fsp3) is 0.176. The first-order valence-corrected chi connectivity index (χ1v) is 6.48. The van der Waals surface area contributed by atoms with Gasteiger partial charge in [-0.2, -0.15) is 5.26 Å². The first-order chi connectivity index (χ1) is 9.99. The molecule has 2 N–H and O–H groups in total. The van der Waals surface area contributed by atoms with Gasteiger partial charge in [0.2, 0.25) is 0 Å². The van der Waals surface area contributed by atoms with Crippen molar-refractivity contribution in [2.75, 3.05) is 7.11 Å². The maximum atomic E-state index is 11.7. The zero-order valence-corrected chi connectivity index (χ0v) is 12.2. The van der Waals surface area contributed by atoms with Crippen molar-refractivity contribution in [3.05, 3.63) is 52.6 Å². The summed E-state index contributed by atoms with van der Waals surface area (Å²) < 4.78 is 5.40. The van der Waals surface area contributed by atoms with Gasteiger partial charge >= 0.3 is 0 Å². The molecule has 4 heteroatoms. The molecule has 4 nitrogen and oxygen atoms in total. The molecule has 0 radical (unpaired) electrons. The topological polar surface area (TPSA) is 76.1 Å². The minimum absolute atomic E-state index is 0.348. The van der Waals surface area contributed by atoms with E-state index in [2.05, 4.69) is 6.07 Å². The normalized spacial score (nSPS) is 10.0. The van der Waals surface area contributed by atoms with Crippen molar-refractivity contribution in [2.45, 2.75) is 13.8 Å². The summed E-state index contributed by atoms with van der Waals surface area (Å²) in [6.45, 7) is 3.74. The minimum atomic E-state index is -0.544. The highest BCUT2D eigenvalue weighted by Crippen LogP contribution is 2.36. The Kier molecular flexibility index (Phi) is 3.95. The number of nitriles is 1. The van der Waals surface area contributed by atoms with Crippen LogP contribution in [-0.4, -0.2) is 13.0 Å². The van der Waals surface area contributed by atoms with Crippen LogP contribution in [0.2, 0.25) is 0 Å². The number of amides is 1. The quantitative estimate of drug-likeness (QED) is 0.939. The highest BCUT2D eigenvalue weighted by atomic mass is 16.5. The Hall–Kier alpha value is -2.80. The lowest BCUT2D eigenvalue weighted by Gasteiger charge is -2.15. The SMILES string of the molecule is COc1c(-c2cc(C)ccc2C#N)ccc(C)c1C(N)=O. The van der Waals surface area contributed by atoms with E-state index in [0.717, 1.165) is 16.7 Å². The van der Waals surface area contributed by atoms with E-state index in [4.69, 9.17) is 10.5 Å². The van der Waals surface area contributed by atoms with E-state index in [0.29, 0.717) is 22.4 Å². The number of carbonyl (C=O) groups is 1. The van der Waals surface area contributed by atoms with Gasteiger partial charge in [0.05, 0.1) is 24.3 Å². The van der Waals surface area contributed by atoms with Crippen LogP contribution >= 0.6 is 0 Å². The molecule has 0 spiro atoms. The number of benzene rings is 2. The molecule has 2 aromatic carbocycles. The number of carbonyl (C=O) groups excluding carboxylic acids is 1. The summed E-state index contributed by atoms with van der Waals surface area (Å²) in [7, 11) is 1.49. The molecule has 0 aliphatic carbocycles. The van der Waals surface area contributed by atoms with Crippen LogP contribution in [0.15, 0.2) is 30.3 Å². The molecule has 0 atom stereocenters. The minimum Gasteiger partial charge on any atom is -0.495 e. The third-order valence-corrected chi connectivity index (χ3v) is 3.40. The molecule has 0 aliphatic rings. The highest BCUT2D eigenvalue weighted by Gasteiger charge is 2.19. The third-order valence-electron chi connectivity index (χ3n) is 3.40. The second kappa shape index (κ2) is 5.68. The van der Waals surface area contributed by atoms with Gasteiger partial charge in [0.25, 0.3) is 5.91 Å². The molecular weight excluding hydrogens is 264 g/mol. The van der Waals surface area contributed by atoms with Crippen LogP contribution in [-0.2, 0) is 0 Å². The maximum Gasteiger partial charge on any atom is 0.252 e. The lowest BCUT2D eigenvalue weighted by atomic mass is 9.93. The van der Waals surface area contributed by atoms with E-state index in [-0.39, 0.29) is 0 Å². The van der Waals surface area contributed by atoms with Crippen LogP contribution in [0.4, 0.5) is 0 Å². The van der Waals surface area contributed by atoms with Crippen molar-refractivity contribution >= 4 is 5.91 Å². The summed E-state index contributed by atoms with van der Waals surface area (Å²) in [6, 6.07) is 11.3. The fourth-order valence-electron chi connectivity index (χ4n) is 2.39.